The molecule has 0 bridgehead atoms. The Balaban J connectivity index is 1.75. The summed E-state index contributed by atoms with van der Waals surface area (Å²) in [7, 11) is 0. The van der Waals surface area contributed by atoms with Crippen molar-refractivity contribution in [3.05, 3.63) is 29.8 Å². The van der Waals surface area contributed by atoms with Gasteiger partial charge in [-0.1, -0.05) is 30.0 Å². The number of hydrogen-bond acceptors (Lipinski definition) is 5. The third kappa shape index (κ3) is 3.81. The van der Waals surface area contributed by atoms with Gasteiger partial charge in [0.2, 0.25) is 11.1 Å². The molecule has 2 heterocycles. The zero-order valence-electron chi connectivity index (χ0n) is 11.7. The molecule has 1 aromatic carbocycles. The van der Waals surface area contributed by atoms with Crippen LogP contribution < -0.4 is 5.32 Å². The molecule has 0 fully saturated rings. The molecular weight excluding hydrogens is 331 g/mol. The number of benzene rings is 1. The second-order valence-electron chi connectivity index (χ2n) is 5.03. The van der Waals surface area contributed by atoms with E-state index in [0.717, 1.165) is 23.0 Å². The molecule has 1 aromatic heterocycles. The van der Waals surface area contributed by atoms with Crippen LogP contribution in [0.1, 0.15) is 12.0 Å². The highest BCUT2D eigenvalue weighted by atomic mass is 32.2. The Morgan fingerprint density at radius 1 is 1.35 bits per heavy atom. The molecule has 0 radical (unpaired) electrons. The zero-order valence-corrected chi connectivity index (χ0v) is 12.6. The normalized spacial score (nSPS) is 18.2. The number of alkyl halides is 3. The summed E-state index contributed by atoms with van der Waals surface area (Å²) in [5.74, 6) is -0.262. The summed E-state index contributed by atoms with van der Waals surface area (Å²) in [6, 6.07) is 7.41. The minimum Gasteiger partial charge on any atom is -0.325 e. The maximum Gasteiger partial charge on any atom is 0.408 e. The maximum absolute atomic E-state index is 12.5. The molecule has 122 valence electrons. The van der Waals surface area contributed by atoms with Crippen LogP contribution in [0.4, 0.5) is 18.9 Å². The number of para-hydroxylation sites is 1. The minimum absolute atomic E-state index is 0.0200. The van der Waals surface area contributed by atoms with E-state index in [0.29, 0.717) is 17.5 Å². The van der Waals surface area contributed by atoms with Crippen LogP contribution in [0.5, 0.6) is 0 Å². The molecular formula is C13H12F3N5OS. The lowest BCUT2D eigenvalue weighted by atomic mass is 10.1. The van der Waals surface area contributed by atoms with Gasteiger partial charge in [0.1, 0.15) is 6.54 Å². The number of carbonyl (C=O) groups excluding carboxylic acids is 1. The summed E-state index contributed by atoms with van der Waals surface area (Å²) < 4.78 is 38.1. The molecule has 0 spiro atoms. The first-order chi connectivity index (χ1) is 10.9. The highest BCUT2D eigenvalue weighted by Gasteiger charge is 2.32. The van der Waals surface area contributed by atoms with Crippen LogP contribution in [0, 0.1) is 0 Å². The molecule has 6 nitrogen and oxygen atoms in total. The van der Waals surface area contributed by atoms with Crippen molar-refractivity contribution in [2.45, 2.75) is 36.0 Å². The summed E-state index contributed by atoms with van der Waals surface area (Å²) in [6.07, 6.45) is -3.29. The van der Waals surface area contributed by atoms with Gasteiger partial charge in [0.15, 0.2) is 0 Å². The number of fused-ring (bicyclic) bond motifs is 1. The number of anilines is 1. The molecule has 0 saturated carbocycles. The van der Waals surface area contributed by atoms with Gasteiger partial charge in [0.25, 0.3) is 0 Å². The van der Waals surface area contributed by atoms with E-state index in [4.69, 9.17) is 0 Å². The molecule has 1 atom stereocenters. The van der Waals surface area contributed by atoms with E-state index in [1.807, 2.05) is 18.2 Å². The predicted octanol–water partition coefficient (Wildman–Crippen LogP) is 2.28. The second-order valence-corrected chi connectivity index (χ2v) is 6.20. The Morgan fingerprint density at radius 2 is 2.13 bits per heavy atom. The third-order valence-electron chi connectivity index (χ3n) is 3.32. The quantitative estimate of drug-likeness (QED) is 0.926. The van der Waals surface area contributed by atoms with Crippen molar-refractivity contribution in [1.82, 2.24) is 20.2 Å². The van der Waals surface area contributed by atoms with Gasteiger partial charge >= 0.3 is 6.18 Å². The van der Waals surface area contributed by atoms with Gasteiger partial charge in [-0.3, -0.25) is 4.79 Å². The largest absolute Gasteiger partial charge is 0.408 e. The number of nitrogens with zero attached hydrogens (tertiary/aromatic N) is 4. The summed E-state index contributed by atoms with van der Waals surface area (Å²) in [6.45, 7) is -1.28. The van der Waals surface area contributed by atoms with Crippen molar-refractivity contribution in [2.24, 2.45) is 0 Å². The highest BCUT2D eigenvalue weighted by Crippen LogP contribution is 2.31. The number of nitrogens with one attached hydrogen (secondary N) is 1. The average Bonchev–Trinajstić information content (AvgIpc) is 2.82. The number of aryl methyl sites for hydroxylation is 1. The van der Waals surface area contributed by atoms with Gasteiger partial charge in [0.05, 0.1) is 5.25 Å². The van der Waals surface area contributed by atoms with Crippen LogP contribution in [0.25, 0.3) is 0 Å². The predicted molar refractivity (Wildman–Crippen MR) is 76.9 cm³/mol. The average molecular weight is 343 g/mol. The Hall–Kier alpha value is -2.10. The lowest BCUT2D eigenvalue weighted by Gasteiger charge is -2.13. The number of aromatic nitrogens is 4. The topological polar surface area (TPSA) is 72.7 Å². The standard InChI is InChI=1S/C13H12F3N5OS/c14-13(15,16)7-21-12(18-19-20-21)23-10-6-5-8-3-1-2-4-9(8)17-11(10)22/h1-4,10H,5-7H2,(H,17,22). The number of thioether (sulfide) groups is 1. The van der Waals surface area contributed by atoms with Gasteiger partial charge in [-0.25, -0.2) is 4.68 Å². The van der Waals surface area contributed by atoms with E-state index in [1.165, 1.54) is 0 Å². The fourth-order valence-corrected chi connectivity index (χ4v) is 3.24. The first-order valence-corrected chi connectivity index (χ1v) is 7.69. The van der Waals surface area contributed by atoms with E-state index >= 15 is 0 Å². The van der Waals surface area contributed by atoms with Crippen LogP contribution in [-0.4, -0.2) is 37.5 Å². The lowest BCUT2D eigenvalue weighted by Crippen LogP contribution is -2.25. The molecule has 2 aromatic rings. The molecule has 0 aliphatic carbocycles. The Bertz CT molecular complexity index is 718. The molecule has 23 heavy (non-hydrogen) atoms. The molecule has 1 aliphatic rings. The number of halogens is 3. The van der Waals surface area contributed by atoms with Crippen molar-refractivity contribution in [1.29, 1.82) is 0 Å². The third-order valence-corrected chi connectivity index (χ3v) is 4.56. The summed E-state index contributed by atoms with van der Waals surface area (Å²) >= 11 is 0.945. The number of amides is 1. The monoisotopic (exact) mass is 343 g/mol. The van der Waals surface area contributed by atoms with Gasteiger partial charge < -0.3 is 5.32 Å². The molecule has 1 N–H and O–H groups in total. The minimum atomic E-state index is -4.42. The van der Waals surface area contributed by atoms with Crippen LogP contribution in [0.3, 0.4) is 0 Å². The van der Waals surface area contributed by atoms with E-state index in [9.17, 15) is 18.0 Å². The number of rotatable bonds is 3. The Kier molecular flexibility index (Phi) is 4.24. The first-order valence-electron chi connectivity index (χ1n) is 6.81. The zero-order chi connectivity index (χ0) is 16.4. The second kappa shape index (κ2) is 6.19. The van der Waals surface area contributed by atoms with E-state index in [2.05, 4.69) is 20.8 Å². The maximum atomic E-state index is 12.5. The van der Waals surface area contributed by atoms with Crippen molar-refractivity contribution in [2.75, 3.05) is 5.32 Å². The molecule has 1 amide bonds. The molecule has 0 saturated heterocycles. The molecule has 1 unspecified atom stereocenters. The fourth-order valence-electron chi connectivity index (χ4n) is 2.28. The highest BCUT2D eigenvalue weighted by molar-refractivity contribution is 8.00. The van der Waals surface area contributed by atoms with Gasteiger partial charge in [-0.15, -0.1) is 5.10 Å². The van der Waals surface area contributed by atoms with E-state index in [-0.39, 0.29) is 11.1 Å². The summed E-state index contributed by atoms with van der Waals surface area (Å²) in [5, 5.41) is 12.4. The fraction of sp³-hybridized carbons (Fsp3) is 0.385. The van der Waals surface area contributed by atoms with Crippen molar-refractivity contribution >= 4 is 23.4 Å². The van der Waals surface area contributed by atoms with Gasteiger partial charge in [0, 0.05) is 5.69 Å². The van der Waals surface area contributed by atoms with Crippen LogP contribution in [0.15, 0.2) is 29.4 Å². The Morgan fingerprint density at radius 3 is 2.91 bits per heavy atom. The first kappa shape index (κ1) is 15.8. The number of tetrazole rings is 1. The van der Waals surface area contributed by atoms with Gasteiger partial charge in [-0.05, 0) is 34.9 Å². The van der Waals surface area contributed by atoms with Gasteiger partial charge in [-0.2, -0.15) is 13.2 Å². The molecule has 10 heteroatoms. The molecule has 3 rings (SSSR count). The lowest BCUT2D eigenvalue weighted by molar-refractivity contribution is -0.144. The van der Waals surface area contributed by atoms with Crippen LogP contribution in [-0.2, 0) is 17.8 Å². The summed E-state index contributed by atoms with van der Waals surface area (Å²) in [4.78, 5) is 12.3. The Labute approximate surface area is 133 Å². The smallest absolute Gasteiger partial charge is 0.325 e. The summed E-state index contributed by atoms with van der Waals surface area (Å²) in [5.41, 5.74) is 1.73. The molecule has 1 aliphatic heterocycles. The van der Waals surface area contributed by atoms with Crippen molar-refractivity contribution in [3.8, 4) is 0 Å². The van der Waals surface area contributed by atoms with E-state index < -0.39 is 18.0 Å². The SMILES string of the molecule is O=C1Nc2ccccc2CCC1Sc1nnnn1CC(F)(F)F. The van der Waals surface area contributed by atoms with E-state index in [1.54, 1.807) is 6.07 Å². The number of carbonyl (C=O) groups is 1. The van der Waals surface area contributed by atoms with Crippen LogP contribution in [0.2, 0.25) is 0 Å². The number of hydrogen-bond donors (Lipinski definition) is 1. The van der Waals surface area contributed by atoms with Crippen molar-refractivity contribution < 1.29 is 18.0 Å². The van der Waals surface area contributed by atoms with Crippen LogP contribution >= 0.6 is 11.8 Å². The van der Waals surface area contributed by atoms with Crippen molar-refractivity contribution in [3.63, 3.8) is 0 Å².